The van der Waals surface area contributed by atoms with E-state index in [-0.39, 0.29) is 5.91 Å². The number of hydrogen-bond donors (Lipinski definition) is 1. The van der Waals surface area contributed by atoms with Gasteiger partial charge in [0.15, 0.2) is 0 Å². The van der Waals surface area contributed by atoms with Crippen LogP contribution >= 0.6 is 11.6 Å². The Bertz CT molecular complexity index is 399. The minimum absolute atomic E-state index is 0.0447. The number of aryl methyl sites for hydroxylation is 2. The molecule has 0 fully saturated rings. The van der Waals surface area contributed by atoms with Crippen LogP contribution < -0.4 is 5.32 Å². The molecule has 0 radical (unpaired) electrons. The Morgan fingerprint density at radius 2 is 2.12 bits per heavy atom. The summed E-state index contributed by atoms with van der Waals surface area (Å²) in [7, 11) is 0. The third kappa shape index (κ3) is 3.70. The van der Waals surface area contributed by atoms with Crippen LogP contribution in [0.3, 0.4) is 0 Å². The third-order valence-corrected chi connectivity index (χ3v) is 2.44. The molecule has 0 unspecified atom stereocenters. The van der Waals surface area contributed by atoms with Gasteiger partial charge < -0.3 is 5.32 Å². The van der Waals surface area contributed by atoms with Crippen molar-refractivity contribution < 1.29 is 4.79 Å². The summed E-state index contributed by atoms with van der Waals surface area (Å²) in [5.74, 6) is 0.427. The second-order valence-corrected chi connectivity index (χ2v) is 3.96. The standard InChI is InChI=1S/C13H16ClNO/c1-10-5-6-12(11(2)9-10)13(16)15-8-4-3-7-14/h3-6,9H,7-8H2,1-2H3,(H,15,16)/b4-3+. The molecule has 16 heavy (non-hydrogen) atoms. The molecule has 1 rings (SSSR count). The van der Waals surface area contributed by atoms with Crippen LogP contribution in [0.1, 0.15) is 21.5 Å². The fourth-order valence-corrected chi connectivity index (χ4v) is 1.59. The van der Waals surface area contributed by atoms with Crippen LogP contribution in [0.25, 0.3) is 0 Å². The van der Waals surface area contributed by atoms with Gasteiger partial charge in [-0.3, -0.25) is 4.79 Å². The van der Waals surface area contributed by atoms with Crippen molar-refractivity contribution in [3.63, 3.8) is 0 Å². The van der Waals surface area contributed by atoms with Crippen LogP contribution in [-0.2, 0) is 0 Å². The number of rotatable bonds is 4. The summed E-state index contributed by atoms with van der Waals surface area (Å²) in [6, 6.07) is 5.80. The highest BCUT2D eigenvalue weighted by molar-refractivity contribution is 6.18. The van der Waals surface area contributed by atoms with Gasteiger partial charge in [-0.1, -0.05) is 29.8 Å². The summed E-state index contributed by atoms with van der Waals surface area (Å²) in [5, 5.41) is 2.81. The van der Waals surface area contributed by atoms with E-state index in [0.717, 1.165) is 16.7 Å². The van der Waals surface area contributed by atoms with Crippen molar-refractivity contribution in [2.75, 3.05) is 12.4 Å². The maximum atomic E-state index is 11.8. The predicted molar refractivity (Wildman–Crippen MR) is 68.1 cm³/mol. The van der Waals surface area contributed by atoms with Gasteiger partial charge in [-0.2, -0.15) is 0 Å². The van der Waals surface area contributed by atoms with E-state index < -0.39 is 0 Å². The monoisotopic (exact) mass is 237 g/mol. The summed E-state index contributed by atoms with van der Waals surface area (Å²) in [5.41, 5.74) is 2.89. The smallest absolute Gasteiger partial charge is 0.251 e. The molecule has 1 aromatic rings. The fourth-order valence-electron chi connectivity index (χ4n) is 1.46. The van der Waals surface area contributed by atoms with Gasteiger partial charge in [-0.15, -0.1) is 11.6 Å². The molecular formula is C13H16ClNO. The maximum absolute atomic E-state index is 11.8. The van der Waals surface area contributed by atoms with Gasteiger partial charge in [-0.05, 0) is 25.5 Å². The largest absolute Gasteiger partial charge is 0.349 e. The van der Waals surface area contributed by atoms with Gasteiger partial charge in [0.05, 0.1) is 0 Å². The van der Waals surface area contributed by atoms with Gasteiger partial charge in [0, 0.05) is 18.0 Å². The van der Waals surface area contributed by atoms with E-state index in [2.05, 4.69) is 5.32 Å². The Kier molecular flexibility index (Phi) is 5.06. The minimum Gasteiger partial charge on any atom is -0.349 e. The zero-order valence-electron chi connectivity index (χ0n) is 9.59. The maximum Gasteiger partial charge on any atom is 0.251 e. The summed E-state index contributed by atoms with van der Waals surface area (Å²) in [6.45, 7) is 4.47. The summed E-state index contributed by atoms with van der Waals surface area (Å²) >= 11 is 5.48. The van der Waals surface area contributed by atoms with E-state index in [1.807, 2.05) is 44.2 Å². The Morgan fingerprint density at radius 1 is 1.38 bits per heavy atom. The van der Waals surface area contributed by atoms with E-state index in [0.29, 0.717) is 12.4 Å². The Morgan fingerprint density at radius 3 is 2.75 bits per heavy atom. The highest BCUT2D eigenvalue weighted by Crippen LogP contribution is 2.09. The first-order valence-electron chi connectivity index (χ1n) is 5.21. The zero-order valence-corrected chi connectivity index (χ0v) is 10.3. The summed E-state index contributed by atoms with van der Waals surface area (Å²) in [6.07, 6.45) is 3.65. The fraction of sp³-hybridized carbons (Fsp3) is 0.308. The molecule has 0 aliphatic carbocycles. The van der Waals surface area contributed by atoms with Crippen molar-refractivity contribution in [2.45, 2.75) is 13.8 Å². The number of carbonyl (C=O) groups is 1. The molecule has 0 bridgehead atoms. The van der Waals surface area contributed by atoms with E-state index in [1.165, 1.54) is 0 Å². The number of halogens is 1. The van der Waals surface area contributed by atoms with Gasteiger partial charge in [0.1, 0.15) is 0 Å². The minimum atomic E-state index is -0.0447. The zero-order chi connectivity index (χ0) is 12.0. The molecule has 2 nitrogen and oxygen atoms in total. The normalized spacial score (nSPS) is 10.7. The lowest BCUT2D eigenvalue weighted by Crippen LogP contribution is -2.24. The van der Waals surface area contributed by atoms with Crippen LogP contribution in [0.4, 0.5) is 0 Å². The van der Waals surface area contributed by atoms with Crippen LogP contribution in [0.5, 0.6) is 0 Å². The first-order valence-corrected chi connectivity index (χ1v) is 5.75. The van der Waals surface area contributed by atoms with Crippen LogP contribution in [0.2, 0.25) is 0 Å². The molecule has 0 saturated heterocycles. The molecule has 0 aliphatic rings. The number of carbonyl (C=O) groups excluding carboxylic acids is 1. The van der Waals surface area contributed by atoms with Gasteiger partial charge in [0.2, 0.25) is 0 Å². The van der Waals surface area contributed by atoms with E-state index in [9.17, 15) is 4.79 Å². The van der Waals surface area contributed by atoms with Gasteiger partial charge >= 0.3 is 0 Å². The average molecular weight is 238 g/mol. The molecule has 0 heterocycles. The molecular weight excluding hydrogens is 222 g/mol. The lowest BCUT2D eigenvalue weighted by Gasteiger charge is -2.06. The third-order valence-electron chi connectivity index (χ3n) is 2.26. The second-order valence-electron chi connectivity index (χ2n) is 3.65. The predicted octanol–water partition coefficient (Wildman–Crippen LogP) is 2.83. The Labute approximate surface area is 101 Å². The van der Waals surface area contributed by atoms with Crippen molar-refractivity contribution in [1.82, 2.24) is 5.32 Å². The molecule has 1 N–H and O–H groups in total. The van der Waals surface area contributed by atoms with Crippen molar-refractivity contribution in [3.05, 3.63) is 47.0 Å². The van der Waals surface area contributed by atoms with Gasteiger partial charge in [0.25, 0.3) is 5.91 Å². The van der Waals surface area contributed by atoms with Crippen LogP contribution in [0, 0.1) is 13.8 Å². The van der Waals surface area contributed by atoms with Gasteiger partial charge in [-0.25, -0.2) is 0 Å². The van der Waals surface area contributed by atoms with E-state index >= 15 is 0 Å². The number of allylic oxidation sites excluding steroid dienone is 1. The molecule has 1 aromatic carbocycles. The molecule has 0 spiro atoms. The highest BCUT2D eigenvalue weighted by Gasteiger charge is 2.06. The molecule has 0 aromatic heterocycles. The second kappa shape index (κ2) is 6.33. The van der Waals surface area contributed by atoms with Crippen LogP contribution in [-0.4, -0.2) is 18.3 Å². The topological polar surface area (TPSA) is 29.1 Å². The molecule has 0 aliphatic heterocycles. The molecule has 0 saturated carbocycles. The Balaban J connectivity index is 2.63. The first-order chi connectivity index (χ1) is 7.65. The van der Waals surface area contributed by atoms with Crippen molar-refractivity contribution in [1.29, 1.82) is 0 Å². The van der Waals surface area contributed by atoms with E-state index in [4.69, 9.17) is 11.6 Å². The SMILES string of the molecule is Cc1ccc(C(=O)NC/C=C/CCl)c(C)c1. The quantitative estimate of drug-likeness (QED) is 0.633. The number of nitrogens with one attached hydrogen (secondary N) is 1. The number of amides is 1. The molecule has 3 heteroatoms. The summed E-state index contributed by atoms with van der Waals surface area (Å²) in [4.78, 5) is 11.8. The molecule has 86 valence electrons. The molecule has 0 atom stereocenters. The lowest BCUT2D eigenvalue weighted by atomic mass is 10.1. The number of alkyl halides is 1. The number of benzene rings is 1. The van der Waals surface area contributed by atoms with Crippen LogP contribution in [0.15, 0.2) is 30.4 Å². The molecule has 1 amide bonds. The van der Waals surface area contributed by atoms with Crippen molar-refractivity contribution >= 4 is 17.5 Å². The first kappa shape index (κ1) is 12.8. The summed E-state index contributed by atoms with van der Waals surface area (Å²) < 4.78 is 0. The number of hydrogen-bond acceptors (Lipinski definition) is 1. The Hall–Kier alpha value is -1.28. The van der Waals surface area contributed by atoms with Crippen molar-refractivity contribution in [3.8, 4) is 0 Å². The van der Waals surface area contributed by atoms with Crippen molar-refractivity contribution in [2.24, 2.45) is 0 Å². The average Bonchev–Trinajstić information content (AvgIpc) is 2.24. The highest BCUT2D eigenvalue weighted by atomic mass is 35.5. The van der Waals surface area contributed by atoms with E-state index in [1.54, 1.807) is 0 Å². The lowest BCUT2D eigenvalue weighted by molar-refractivity contribution is 0.0957.